The Bertz CT molecular complexity index is 863. The third-order valence-electron chi connectivity index (χ3n) is 3.06. The molecule has 11 heteroatoms. The zero-order chi connectivity index (χ0) is 19.3. The number of nitrogens with one attached hydrogen (secondary N) is 1. The van der Waals surface area contributed by atoms with Crippen LogP contribution in [0.4, 0.5) is 18.9 Å². The lowest BCUT2D eigenvalue weighted by Crippen LogP contribution is -2.30. The van der Waals surface area contributed by atoms with Crippen molar-refractivity contribution in [3.05, 3.63) is 62.3 Å². The molecule has 2 aromatic rings. The highest BCUT2D eigenvalue weighted by atomic mass is 32.1. The summed E-state index contributed by atoms with van der Waals surface area (Å²) in [5.41, 5.74) is -0.436. The van der Waals surface area contributed by atoms with Gasteiger partial charge in [-0.15, -0.1) is 11.3 Å². The summed E-state index contributed by atoms with van der Waals surface area (Å²) >= 11 is 0.986. The van der Waals surface area contributed by atoms with Crippen molar-refractivity contribution >= 4 is 34.4 Å². The van der Waals surface area contributed by atoms with E-state index in [9.17, 15) is 32.9 Å². The highest BCUT2D eigenvalue weighted by Gasteiger charge is 2.37. The van der Waals surface area contributed by atoms with Gasteiger partial charge in [0.05, 0.1) is 16.2 Å². The van der Waals surface area contributed by atoms with Crippen molar-refractivity contribution in [2.24, 2.45) is 5.10 Å². The second kappa shape index (κ2) is 7.87. The molecule has 1 N–H and O–H groups in total. The first kappa shape index (κ1) is 19.2. The molecular weight excluding hydrogens is 375 g/mol. The number of alkyl halides is 3. The molecule has 0 saturated carbocycles. The molecule has 26 heavy (non-hydrogen) atoms. The standard InChI is InChI=1S/C15H10F3N3O4S/c16-15(17,18)13(8-11(22)12-5-2-6-26-12)19-20-14(23)9-3-1-4-10(7-9)21(24)25/h1-7H,8H2,(H,20,23)/b19-13+. The summed E-state index contributed by atoms with van der Waals surface area (Å²) in [5, 5.41) is 15.2. The van der Waals surface area contributed by atoms with Crippen molar-refractivity contribution in [3.63, 3.8) is 0 Å². The zero-order valence-electron chi connectivity index (χ0n) is 12.8. The number of Topliss-reactive ketones (excluding diaryl/α,β-unsaturated/α-hetero) is 1. The van der Waals surface area contributed by atoms with E-state index < -0.39 is 40.6 Å². The molecular formula is C15H10F3N3O4S. The minimum Gasteiger partial charge on any atom is -0.293 e. The molecule has 0 aliphatic carbocycles. The van der Waals surface area contributed by atoms with Gasteiger partial charge < -0.3 is 0 Å². The van der Waals surface area contributed by atoms with Crippen LogP contribution >= 0.6 is 11.3 Å². The number of ketones is 1. The average Bonchev–Trinajstić information content (AvgIpc) is 3.11. The number of hydrogen-bond acceptors (Lipinski definition) is 6. The lowest BCUT2D eigenvalue weighted by atomic mass is 10.1. The SMILES string of the molecule is O=C(N/N=C(\CC(=O)c1cccs1)C(F)(F)F)c1cccc([N+](=O)[O-])c1. The van der Waals surface area contributed by atoms with Gasteiger partial charge in [0.1, 0.15) is 5.71 Å². The number of carbonyl (C=O) groups excluding carboxylic acids is 2. The number of rotatable bonds is 6. The van der Waals surface area contributed by atoms with Crippen molar-refractivity contribution in [3.8, 4) is 0 Å². The fourth-order valence-electron chi connectivity index (χ4n) is 1.82. The molecule has 1 aromatic carbocycles. The minimum atomic E-state index is -4.93. The summed E-state index contributed by atoms with van der Waals surface area (Å²) in [6, 6.07) is 7.31. The smallest absolute Gasteiger partial charge is 0.293 e. The molecule has 0 saturated heterocycles. The molecule has 1 amide bonds. The Morgan fingerprint density at radius 3 is 2.54 bits per heavy atom. The van der Waals surface area contributed by atoms with Gasteiger partial charge in [-0.25, -0.2) is 5.43 Å². The molecule has 7 nitrogen and oxygen atoms in total. The highest BCUT2D eigenvalue weighted by Crippen LogP contribution is 2.22. The van der Waals surface area contributed by atoms with E-state index in [0.717, 1.165) is 23.5 Å². The largest absolute Gasteiger partial charge is 0.431 e. The topological polar surface area (TPSA) is 102 Å². The second-order valence-corrected chi connectivity index (χ2v) is 5.83. The van der Waals surface area contributed by atoms with E-state index in [0.29, 0.717) is 0 Å². The molecule has 2 rings (SSSR count). The summed E-state index contributed by atoms with van der Waals surface area (Å²) in [6.45, 7) is 0. The maximum absolute atomic E-state index is 13.0. The lowest BCUT2D eigenvalue weighted by molar-refractivity contribution is -0.384. The van der Waals surface area contributed by atoms with Crippen molar-refractivity contribution in [2.75, 3.05) is 0 Å². The van der Waals surface area contributed by atoms with Crippen LogP contribution < -0.4 is 5.43 Å². The number of thiophene rings is 1. The predicted octanol–water partition coefficient (Wildman–Crippen LogP) is 3.58. The first-order chi connectivity index (χ1) is 12.2. The number of amides is 1. The van der Waals surface area contributed by atoms with E-state index in [-0.39, 0.29) is 10.4 Å². The number of halogens is 3. The van der Waals surface area contributed by atoms with Crippen LogP contribution in [-0.2, 0) is 0 Å². The van der Waals surface area contributed by atoms with E-state index in [1.807, 2.05) is 0 Å². The molecule has 0 aliphatic rings. The molecule has 0 aliphatic heterocycles. The van der Waals surface area contributed by atoms with Crippen LogP contribution in [0.25, 0.3) is 0 Å². The lowest BCUT2D eigenvalue weighted by Gasteiger charge is -2.10. The third kappa shape index (κ3) is 4.96. The Labute approximate surface area is 148 Å². The average molecular weight is 385 g/mol. The normalized spacial score (nSPS) is 11.9. The van der Waals surface area contributed by atoms with Crippen molar-refractivity contribution in [2.45, 2.75) is 12.6 Å². The van der Waals surface area contributed by atoms with E-state index in [2.05, 4.69) is 5.10 Å². The number of nitro groups is 1. The molecule has 136 valence electrons. The van der Waals surface area contributed by atoms with Gasteiger partial charge in [-0.05, 0) is 17.5 Å². The van der Waals surface area contributed by atoms with E-state index in [1.54, 1.807) is 10.8 Å². The van der Waals surface area contributed by atoms with Crippen LogP contribution in [0.5, 0.6) is 0 Å². The maximum atomic E-state index is 13.0. The van der Waals surface area contributed by atoms with Crippen LogP contribution in [-0.4, -0.2) is 28.5 Å². The fourth-order valence-corrected chi connectivity index (χ4v) is 2.49. The highest BCUT2D eigenvalue weighted by molar-refractivity contribution is 7.12. The molecule has 1 aromatic heterocycles. The molecule has 0 fully saturated rings. The predicted molar refractivity (Wildman–Crippen MR) is 87.3 cm³/mol. The Morgan fingerprint density at radius 1 is 1.23 bits per heavy atom. The van der Waals surface area contributed by atoms with E-state index in [4.69, 9.17) is 0 Å². The van der Waals surface area contributed by atoms with Gasteiger partial charge in [0, 0.05) is 17.7 Å². The number of hydrogen-bond donors (Lipinski definition) is 1. The van der Waals surface area contributed by atoms with Gasteiger partial charge >= 0.3 is 6.18 Å². The number of nitro benzene ring substituents is 1. The van der Waals surface area contributed by atoms with Gasteiger partial charge in [0.25, 0.3) is 11.6 Å². The van der Waals surface area contributed by atoms with Crippen LogP contribution in [0.3, 0.4) is 0 Å². The molecule has 0 spiro atoms. The molecule has 0 radical (unpaired) electrons. The van der Waals surface area contributed by atoms with Gasteiger partial charge in [-0.2, -0.15) is 18.3 Å². The summed E-state index contributed by atoms with van der Waals surface area (Å²) in [6.07, 6.45) is -5.97. The fraction of sp³-hybridized carbons (Fsp3) is 0.133. The van der Waals surface area contributed by atoms with Gasteiger partial charge in [0.2, 0.25) is 0 Å². The number of hydrazone groups is 1. The summed E-state index contributed by atoms with van der Waals surface area (Å²) in [4.78, 5) is 33.8. The first-order valence-electron chi connectivity index (χ1n) is 6.93. The Kier molecular flexibility index (Phi) is 5.82. The summed E-state index contributed by atoms with van der Waals surface area (Å²) < 4.78 is 39.1. The molecule has 1 heterocycles. The van der Waals surface area contributed by atoms with Crippen LogP contribution in [0.15, 0.2) is 46.9 Å². The summed E-state index contributed by atoms with van der Waals surface area (Å²) in [5.74, 6) is -1.86. The van der Waals surface area contributed by atoms with Crippen molar-refractivity contribution in [1.82, 2.24) is 5.43 Å². The van der Waals surface area contributed by atoms with Crippen LogP contribution in [0.1, 0.15) is 26.5 Å². The molecule has 0 unspecified atom stereocenters. The Morgan fingerprint density at radius 2 is 1.96 bits per heavy atom. The number of benzene rings is 1. The number of carbonyl (C=O) groups is 2. The number of nitrogens with zero attached hydrogens (tertiary/aromatic N) is 2. The first-order valence-corrected chi connectivity index (χ1v) is 7.81. The zero-order valence-corrected chi connectivity index (χ0v) is 13.6. The van der Waals surface area contributed by atoms with Crippen molar-refractivity contribution < 1.29 is 27.7 Å². The van der Waals surface area contributed by atoms with Crippen molar-refractivity contribution in [1.29, 1.82) is 0 Å². The second-order valence-electron chi connectivity index (χ2n) is 4.88. The quantitative estimate of drug-likeness (QED) is 0.355. The van der Waals surface area contributed by atoms with Gasteiger partial charge in [-0.3, -0.25) is 19.7 Å². The van der Waals surface area contributed by atoms with Gasteiger partial charge in [0.15, 0.2) is 5.78 Å². The van der Waals surface area contributed by atoms with Gasteiger partial charge in [-0.1, -0.05) is 12.1 Å². The third-order valence-corrected chi connectivity index (χ3v) is 3.97. The van der Waals surface area contributed by atoms with E-state index >= 15 is 0 Å². The minimum absolute atomic E-state index is 0.131. The number of non-ortho nitro benzene ring substituents is 1. The monoisotopic (exact) mass is 385 g/mol. The molecule has 0 atom stereocenters. The van der Waals surface area contributed by atoms with Crippen LogP contribution in [0, 0.1) is 10.1 Å². The maximum Gasteiger partial charge on any atom is 0.431 e. The summed E-state index contributed by atoms with van der Waals surface area (Å²) in [7, 11) is 0. The van der Waals surface area contributed by atoms with E-state index in [1.165, 1.54) is 24.3 Å². The Balaban J connectivity index is 2.17. The molecule has 0 bridgehead atoms. The van der Waals surface area contributed by atoms with Crippen LogP contribution in [0.2, 0.25) is 0 Å². The Hall–Kier alpha value is -3.08.